The van der Waals surface area contributed by atoms with Crippen molar-refractivity contribution in [1.29, 1.82) is 0 Å². The Morgan fingerprint density at radius 3 is 2.50 bits per heavy atom. The summed E-state index contributed by atoms with van der Waals surface area (Å²) in [5, 5.41) is 6.55. The van der Waals surface area contributed by atoms with Gasteiger partial charge in [-0.25, -0.2) is 0 Å². The van der Waals surface area contributed by atoms with Crippen LogP contribution >= 0.6 is 11.6 Å². The molecule has 0 aliphatic rings. The number of nitrogens with two attached hydrogens (primary N) is 1. The van der Waals surface area contributed by atoms with Crippen molar-refractivity contribution >= 4 is 17.5 Å². The SMILES string of the molecule is NC(=O)C(Cl)(c1ccccc1)c1cc[nH]n1. The van der Waals surface area contributed by atoms with Gasteiger partial charge in [0, 0.05) is 6.20 Å². The van der Waals surface area contributed by atoms with Crippen LogP contribution in [-0.2, 0) is 9.67 Å². The van der Waals surface area contributed by atoms with Crippen molar-refractivity contribution in [3.8, 4) is 0 Å². The van der Waals surface area contributed by atoms with E-state index in [1.54, 1.807) is 36.5 Å². The van der Waals surface area contributed by atoms with Gasteiger partial charge in [-0.15, -0.1) is 0 Å². The summed E-state index contributed by atoms with van der Waals surface area (Å²) in [4.78, 5) is 10.1. The number of H-pyrrole nitrogens is 1. The first-order valence-corrected chi connectivity index (χ1v) is 5.08. The van der Waals surface area contributed by atoms with Gasteiger partial charge < -0.3 is 5.73 Å². The fraction of sp³-hybridized carbons (Fsp3) is 0.0909. The number of halogens is 1. The number of alkyl halides is 1. The van der Waals surface area contributed by atoms with Gasteiger partial charge in [-0.05, 0) is 11.6 Å². The Morgan fingerprint density at radius 2 is 2.00 bits per heavy atom. The van der Waals surface area contributed by atoms with Crippen LogP contribution in [0.4, 0.5) is 0 Å². The van der Waals surface area contributed by atoms with Crippen molar-refractivity contribution in [3.05, 3.63) is 53.9 Å². The zero-order valence-corrected chi connectivity index (χ0v) is 9.11. The van der Waals surface area contributed by atoms with E-state index in [1.165, 1.54) is 0 Å². The van der Waals surface area contributed by atoms with Crippen LogP contribution in [0.1, 0.15) is 11.3 Å². The molecule has 1 amide bonds. The van der Waals surface area contributed by atoms with Gasteiger partial charge in [0.1, 0.15) is 0 Å². The molecule has 1 unspecified atom stereocenters. The molecule has 3 N–H and O–H groups in total. The summed E-state index contributed by atoms with van der Waals surface area (Å²) in [6, 6.07) is 10.5. The molecule has 1 aromatic heterocycles. The zero-order chi connectivity index (χ0) is 11.6. The Kier molecular flexibility index (Phi) is 2.66. The molecule has 5 heteroatoms. The monoisotopic (exact) mass is 235 g/mol. The molecular formula is C11H10ClN3O. The van der Waals surface area contributed by atoms with Crippen LogP contribution in [-0.4, -0.2) is 16.1 Å². The Balaban J connectivity index is 2.58. The lowest BCUT2D eigenvalue weighted by molar-refractivity contribution is -0.119. The average molecular weight is 236 g/mol. The number of aromatic amines is 1. The maximum atomic E-state index is 11.6. The van der Waals surface area contributed by atoms with Gasteiger partial charge in [-0.3, -0.25) is 9.89 Å². The lowest BCUT2D eigenvalue weighted by atomic mass is 9.94. The molecule has 0 aliphatic heterocycles. The van der Waals surface area contributed by atoms with Crippen molar-refractivity contribution in [3.63, 3.8) is 0 Å². The van der Waals surface area contributed by atoms with Crippen molar-refractivity contribution in [2.75, 3.05) is 0 Å². The summed E-state index contributed by atoms with van der Waals surface area (Å²) >= 11 is 6.31. The Hall–Kier alpha value is -1.81. The quantitative estimate of drug-likeness (QED) is 0.789. The van der Waals surface area contributed by atoms with E-state index in [9.17, 15) is 4.79 Å². The molecule has 0 bridgehead atoms. The van der Waals surface area contributed by atoms with Gasteiger partial charge in [0.25, 0.3) is 0 Å². The number of amides is 1. The van der Waals surface area contributed by atoms with E-state index in [1.807, 2.05) is 6.07 Å². The van der Waals surface area contributed by atoms with Crippen molar-refractivity contribution in [1.82, 2.24) is 10.2 Å². The summed E-state index contributed by atoms with van der Waals surface area (Å²) in [6.07, 6.45) is 1.60. The number of nitrogens with zero attached hydrogens (tertiary/aromatic N) is 1. The van der Waals surface area contributed by atoms with Crippen LogP contribution in [0, 0.1) is 0 Å². The zero-order valence-electron chi connectivity index (χ0n) is 8.35. The van der Waals surface area contributed by atoms with Gasteiger partial charge >= 0.3 is 0 Å². The van der Waals surface area contributed by atoms with Crippen LogP contribution in [0.5, 0.6) is 0 Å². The number of aromatic nitrogens is 2. The van der Waals surface area contributed by atoms with Crippen LogP contribution in [0.2, 0.25) is 0 Å². The first kappa shape index (κ1) is 10.7. The topological polar surface area (TPSA) is 71.8 Å². The molecule has 4 nitrogen and oxygen atoms in total. The number of carbonyl (C=O) groups excluding carboxylic acids is 1. The third-order valence-electron chi connectivity index (χ3n) is 2.36. The Labute approximate surface area is 97.4 Å². The highest BCUT2D eigenvalue weighted by Crippen LogP contribution is 2.34. The Morgan fingerprint density at radius 1 is 1.31 bits per heavy atom. The second-order valence-corrected chi connectivity index (χ2v) is 3.92. The highest BCUT2D eigenvalue weighted by Gasteiger charge is 2.40. The van der Waals surface area contributed by atoms with Crippen LogP contribution in [0.25, 0.3) is 0 Å². The summed E-state index contributed by atoms with van der Waals surface area (Å²) < 4.78 is 0. The van der Waals surface area contributed by atoms with E-state index in [2.05, 4.69) is 10.2 Å². The lowest BCUT2D eigenvalue weighted by Gasteiger charge is -2.21. The fourth-order valence-electron chi connectivity index (χ4n) is 1.54. The minimum atomic E-state index is -1.42. The van der Waals surface area contributed by atoms with Crippen LogP contribution < -0.4 is 5.73 Å². The van der Waals surface area contributed by atoms with Gasteiger partial charge in [0.05, 0.1) is 5.69 Å². The van der Waals surface area contributed by atoms with E-state index in [0.29, 0.717) is 11.3 Å². The molecule has 0 radical (unpaired) electrons. The number of carbonyl (C=O) groups is 1. The standard InChI is InChI=1S/C11H10ClN3O/c12-11(10(13)16,9-6-7-14-15-9)8-4-2-1-3-5-8/h1-7H,(H2,13,16)(H,14,15). The van der Waals surface area contributed by atoms with Gasteiger partial charge in [-0.2, -0.15) is 5.10 Å². The highest BCUT2D eigenvalue weighted by atomic mass is 35.5. The lowest BCUT2D eigenvalue weighted by Crippen LogP contribution is -2.37. The molecule has 2 rings (SSSR count). The third-order valence-corrected chi connectivity index (χ3v) is 2.96. The third kappa shape index (κ3) is 1.57. The summed E-state index contributed by atoms with van der Waals surface area (Å²) in [7, 11) is 0. The molecule has 82 valence electrons. The molecule has 1 atom stereocenters. The Bertz CT molecular complexity index is 483. The van der Waals surface area contributed by atoms with Gasteiger partial charge in [0.15, 0.2) is 4.87 Å². The summed E-state index contributed by atoms with van der Waals surface area (Å²) in [5.74, 6) is -0.646. The molecule has 2 aromatic rings. The molecule has 0 aliphatic carbocycles. The van der Waals surface area contributed by atoms with E-state index < -0.39 is 10.8 Å². The van der Waals surface area contributed by atoms with Crippen molar-refractivity contribution in [2.24, 2.45) is 5.73 Å². The fourth-order valence-corrected chi connectivity index (χ4v) is 1.77. The molecule has 0 spiro atoms. The second-order valence-electron chi connectivity index (χ2n) is 3.35. The number of primary amides is 1. The van der Waals surface area contributed by atoms with E-state index in [4.69, 9.17) is 17.3 Å². The number of hydrogen-bond acceptors (Lipinski definition) is 2. The molecule has 0 fully saturated rings. The summed E-state index contributed by atoms with van der Waals surface area (Å²) in [6.45, 7) is 0. The van der Waals surface area contributed by atoms with E-state index in [0.717, 1.165) is 0 Å². The number of rotatable bonds is 3. The molecule has 0 saturated heterocycles. The van der Waals surface area contributed by atoms with Crippen molar-refractivity contribution < 1.29 is 4.79 Å². The normalized spacial score (nSPS) is 14.3. The highest BCUT2D eigenvalue weighted by molar-refractivity contribution is 6.36. The maximum Gasteiger partial charge on any atom is 0.249 e. The second kappa shape index (κ2) is 3.98. The molecule has 1 aromatic carbocycles. The average Bonchev–Trinajstić information content (AvgIpc) is 2.82. The smallest absolute Gasteiger partial charge is 0.249 e. The van der Waals surface area contributed by atoms with Crippen molar-refractivity contribution in [2.45, 2.75) is 4.87 Å². The largest absolute Gasteiger partial charge is 0.367 e. The first-order chi connectivity index (χ1) is 7.65. The molecule has 1 heterocycles. The van der Waals surface area contributed by atoms with E-state index >= 15 is 0 Å². The predicted octanol–water partition coefficient (Wildman–Crippen LogP) is 1.38. The number of nitrogens with one attached hydrogen (secondary N) is 1. The van der Waals surface area contributed by atoms with Gasteiger partial charge in [0.2, 0.25) is 5.91 Å². The minimum Gasteiger partial charge on any atom is -0.367 e. The van der Waals surface area contributed by atoms with E-state index in [-0.39, 0.29) is 0 Å². The molecular weight excluding hydrogens is 226 g/mol. The summed E-state index contributed by atoms with van der Waals surface area (Å²) in [5.41, 5.74) is 6.37. The number of hydrogen-bond donors (Lipinski definition) is 2. The van der Waals surface area contributed by atoms with Crippen LogP contribution in [0.3, 0.4) is 0 Å². The number of benzene rings is 1. The molecule has 16 heavy (non-hydrogen) atoms. The minimum absolute atomic E-state index is 0.396. The first-order valence-electron chi connectivity index (χ1n) is 4.70. The van der Waals surface area contributed by atoms with Gasteiger partial charge in [-0.1, -0.05) is 41.9 Å². The maximum absolute atomic E-state index is 11.6. The molecule has 0 saturated carbocycles. The van der Waals surface area contributed by atoms with Crippen LogP contribution in [0.15, 0.2) is 42.6 Å². The predicted molar refractivity (Wildman–Crippen MR) is 60.9 cm³/mol.